The molecular formula is C21H20FN3O5S. The molecule has 0 unspecified atom stereocenters. The molecule has 0 aliphatic carbocycles. The van der Waals surface area contributed by atoms with Crippen molar-refractivity contribution in [2.75, 3.05) is 6.61 Å². The van der Waals surface area contributed by atoms with Crippen LogP contribution in [0.3, 0.4) is 0 Å². The molecule has 10 heteroatoms. The summed E-state index contributed by atoms with van der Waals surface area (Å²) in [5, 5.41) is 3.98. The second-order valence-electron chi connectivity index (χ2n) is 6.40. The Labute approximate surface area is 178 Å². The smallest absolute Gasteiger partial charge is 0.277 e. The highest BCUT2D eigenvalue weighted by molar-refractivity contribution is 7.89. The lowest BCUT2D eigenvalue weighted by Gasteiger charge is -2.08. The van der Waals surface area contributed by atoms with Gasteiger partial charge in [0.15, 0.2) is 6.61 Å². The van der Waals surface area contributed by atoms with Crippen molar-refractivity contribution in [3.63, 3.8) is 0 Å². The molecule has 1 aromatic heterocycles. The average molecular weight is 445 g/mol. The number of sulfonamides is 1. The fraction of sp³-hybridized carbons (Fsp3) is 0.143. The standard InChI is InChI=1S/C21H20FN3O5S/c1-15(24-25-21(26)14-30-18-8-6-17(22)7-9-18)16-4-10-20(11-5-16)31(27,28)23-13-19-3-2-12-29-19/h2-12,23H,13-14H2,1H3,(H,25,26)/b24-15+. The molecule has 0 saturated carbocycles. The van der Waals surface area contributed by atoms with E-state index in [1.165, 1.54) is 42.7 Å². The topological polar surface area (TPSA) is 110 Å². The molecule has 0 saturated heterocycles. The molecule has 0 atom stereocenters. The molecule has 0 bridgehead atoms. The van der Waals surface area contributed by atoms with Crippen molar-refractivity contribution in [1.29, 1.82) is 0 Å². The molecule has 3 rings (SSSR count). The molecule has 0 spiro atoms. The van der Waals surface area contributed by atoms with Gasteiger partial charge in [0, 0.05) is 0 Å². The van der Waals surface area contributed by atoms with Crippen LogP contribution in [0, 0.1) is 5.82 Å². The summed E-state index contributed by atoms with van der Waals surface area (Å²) in [5.74, 6) is -0.0359. The van der Waals surface area contributed by atoms with E-state index in [9.17, 15) is 17.6 Å². The van der Waals surface area contributed by atoms with Crippen LogP contribution in [0.4, 0.5) is 4.39 Å². The zero-order chi connectivity index (χ0) is 22.3. The van der Waals surface area contributed by atoms with Gasteiger partial charge in [0.05, 0.1) is 23.4 Å². The second kappa shape index (κ2) is 10.0. The first-order valence-corrected chi connectivity index (χ1v) is 10.7. The van der Waals surface area contributed by atoms with Crippen LogP contribution in [0.25, 0.3) is 0 Å². The largest absolute Gasteiger partial charge is 0.484 e. The molecule has 0 aliphatic rings. The number of hydrazone groups is 1. The molecule has 31 heavy (non-hydrogen) atoms. The number of benzene rings is 2. The lowest BCUT2D eigenvalue weighted by Crippen LogP contribution is -2.25. The molecule has 0 fully saturated rings. The maximum atomic E-state index is 12.8. The van der Waals surface area contributed by atoms with Crippen LogP contribution in [-0.2, 0) is 21.4 Å². The van der Waals surface area contributed by atoms with E-state index < -0.39 is 21.7 Å². The summed E-state index contributed by atoms with van der Waals surface area (Å²) in [5.41, 5.74) is 3.46. The van der Waals surface area contributed by atoms with Crippen LogP contribution < -0.4 is 14.9 Å². The number of nitrogens with zero attached hydrogens (tertiary/aromatic N) is 1. The Morgan fingerprint density at radius 1 is 1.10 bits per heavy atom. The molecule has 3 aromatic rings. The number of hydrogen-bond donors (Lipinski definition) is 2. The Balaban J connectivity index is 1.53. The van der Waals surface area contributed by atoms with E-state index in [1.807, 2.05) is 0 Å². The quantitative estimate of drug-likeness (QED) is 0.389. The lowest BCUT2D eigenvalue weighted by molar-refractivity contribution is -0.123. The summed E-state index contributed by atoms with van der Waals surface area (Å²) in [6.45, 7) is 1.42. The molecule has 0 radical (unpaired) electrons. The number of ether oxygens (including phenoxy) is 1. The van der Waals surface area contributed by atoms with E-state index in [-0.39, 0.29) is 18.0 Å². The third kappa shape index (κ3) is 6.49. The molecule has 0 aliphatic heterocycles. The third-order valence-electron chi connectivity index (χ3n) is 4.13. The zero-order valence-electron chi connectivity index (χ0n) is 16.5. The van der Waals surface area contributed by atoms with Crippen LogP contribution >= 0.6 is 0 Å². The molecule has 2 aromatic carbocycles. The second-order valence-corrected chi connectivity index (χ2v) is 8.17. The number of furan rings is 1. The van der Waals surface area contributed by atoms with E-state index >= 15 is 0 Å². The van der Waals surface area contributed by atoms with Crippen LogP contribution in [0.5, 0.6) is 5.75 Å². The molecular weight excluding hydrogens is 425 g/mol. The highest BCUT2D eigenvalue weighted by atomic mass is 32.2. The van der Waals surface area contributed by atoms with Gasteiger partial charge in [-0.3, -0.25) is 4.79 Å². The summed E-state index contributed by atoms with van der Waals surface area (Å²) < 4.78 is 50.4. The number of nitrogens with one attached hydrogen (secondary N) is 2. The Morgan fingerprint density at radius 3 is 2.45 bits per heavy atom. The van der Waals surface area contributed by atoms with Gasteiger partial charge in [-0.25, -0.2) is 23.0 Å². The highest BCUT2D eigenvalue weighted by Crippen LogP contribution is 2.13. The zero-order valence-corrected chi connectivity index (χ0v) is 17.4. The number of rotatable bonds is 9. The SMILES string of the molecule is C/C(=N\NC(=O)COc1ccc(F)cc1)c1ccc(S(=O)(=O)NCc2ccco2)cc1. The van der Waals surface area contributed by atoms with Crippen molar-refractivity contribution >= 4 is 21.6 Å². The van der Waals surface area contributed by atoms with E-state index in [4.69, 9.17) is 9.15 Å². The fourth-order valence-electron chi connectivity index (χ4n) is 2.46. The van der Waals surface area contributed by atoms with Gasteiger partial charge in [0.25, 0.3) is 5.91 Å². The van der Waals surface area contributed by atoms with Crippen molar-refractivity contribution < 1.29 is 26.8 Å². The van der Waals surface area contributed by atoms with E-state index in [0.717, 1.165) is 0 Å². The minimum Gasteiger partial charge on any atom is -0.484 e. The van der Waals surface area contributed by atoms with Gasteiger partial charge in [0.1, 0.15) is 17.3 Å². The van der Waals surface area contributed by atoms with Crippen molar-refractivity contribution in [1.82, 2.24) is 10.1 Å². The minimum atomic E-state index is -3.70. The predicted octanol–water partition coefficient (Wildman–Crippen LogP) is 2.82. The Hall–Kier alpha value is -3.50. The first-order chi connectivity index (χ1) is 14.8. The van der Waals surface area contributed by atoms with E-state index in [0.29, 0.717) is 22.8 Å². The summed E-state index contributed by atoms with van der Waals surface area (Å²) >= 11 is 0. The minimum absolute atomic E-state index is 0.0452. The molecule has 162 valence electrons. The summed E-state index contributed by atoms with van der Waals surface area (Å²) in [6, 6.07) is 14.7. The van der Waals surface area contributed by atoms with Crippen LogP contribution in [0.1, 0.15) is 18.2 Å². The monoisotopic (exact) mass is 445 g/mol. The average Bonchev–Trinajstić information content (AvgIpc) is 3.30. The number of halogens is 1. The third-order valence-corrected chi connectivity index (χ3v) is 5.55. The van der Waals surface area contributed by atoms with Crippen molar-refractivity contribution in [3.8, 4) is 5.75 Å². The van der Waals surface area contributed by atoms with Gasteiger partial charge < -0.3 is 9.15 Å². The predicted molar refractivity (Wildman–Crippen MR) is 111 cm³/mol. The molecule has 8 nitrogen and oxygen atoms in total. The van der Waals surface area contributed by atoms with Crippen LogP contribution in [0.15, 0.2) is 81.3 Å². The normalized spacial score (nSPS) is 11.9. The molecule has 2 N–H and O–H groups in total. The van der Waals surface area contributed by atoms with Crippen LogP contribution in [-0.4, -0.2) is 26.6 Å². The maximum Gasteiger partial charge on any atom is 0.277 e. The van der Waals surface area contributed by atoms with Gasteiger partial charge >= 0.3 is 0 Å². The van der Waals surface area contributed by atoms with E-state index in [1.54, 1.807) is 31.2 Å². The first-order valence-electron chi connectivity index (χ1n) is 9.17. The van der Waals surface area contributed by atoms with Gasteiger partial charge in [-0.1, -0.05) is 12.1 Å². The Morgan fingerprint density at radius 2 is 1.81 bits per heavy atom. The highest BCUT2D eigenvalue weighted by Gasteiger charge is 2.14. The number of amides is 1. The maximum absolute atomic E-state index is 12.8. The van der Waals surface area contributed by atoms with Crippen molar-refractivity contribution in [2.45, 2.75) is 18.4 Å². The number of carbonyl (C=O) groups excluding carboxylic acids is 1. The Bertz CT molecular complexity index is 1140. The summed E-state index contributed by atoms with van der Waals surface area (Å²) in [4.78, 5) is 12.0. The van der Waals surface area contributed by atoms with Gasteiger partial charge in [-0.15, -0.1) is 0 Å². The van der Waals surface area contributed by atoms with Gasteiger partial charge in [-0.05, 0) is 61.0 Å². The number of hydrogen-bond acceptors (Lipinski definition) is 6. The lowest BCUT2D eigenvalue weighted by atomic mass is 10.1. The van der Waals surface area contributed by atoms with Crippen molar-refractivity contribution in [2.24, 2.45) is 5.10 Å². The Kier molecular flexibility index (Phi) is 7.16. The van der Waals surface area contributed by atoms with Crippen LogP contribution in [0.2, 0.25) is 0 Å². The van der Waals surface area contributed by atoms with Crippen molar-refractivity contribution in [3.05, 3.63) is 84.1 Å². The number of carbonyl (C=O) groups is 1. The van der Waals surface area contributed by atoms with E-state index in [2.05, 4.69) is 15.2 Å². The summed E-state index contributed by atoms with van der Waals surface area (Å²) in [6.07, 6.45) is 1.47. The fourth-order valence-corrected chi connectivity index (χ4v) is 3.45. The summed E-state index contributed by atoms with van der Waals surface area (Å²) in [7, 11) is -3.70. The molecule has 1 heterocycles. The molecule has 1 amide bonds. The first kappa shape index (κ1) is 22.2. The van der Waals surface area contributed by atoms with Gasteiger partial charge in [-0.2, -0.15) is 5.10 Å². The van der Waals surface area contributed by atoms with Gasteiger partial charge in [0.2, 0.25) is 10.0 Å².